The minimum Gasteiger partial charge on any atom is -0.256 e. The van der Waals surface area contributed by atoms with Gasteiger partial charge < -0.3 is 0 Å². The molecule has 3 nitrogen and oxygen atoms in total. The van der Waals surface area contributed by atoms with Gasteiger partial charge in [-0.2, -0.15) is 0 Å². The zero-order valence-electron chi connectivity index (χ0n) is 50.2. The second-order valence-electron chi connectivity index (χ2n) is 18.3. The van der Waals surface area contributed by atoms with Gasteiger partial charge in [0, 0.05) is 34.7 Å². The Kier molecular flexibility index (Phi) is 33.5. The number of pyridine rings is 3. The van der Waals surface area contributed by atoms with Crippen molar-refractivity contribution in [3.63, 3.8) is 0 Å². The van der Waals surface area contributed by atoms with E-state index in [0.29, 0.717) is 29.6 Å². The summed E-state index contributed by atoms with van der Waals surface area (Å²) in [6.07, 6.45) is 5.53. The van der Waals surface area contributed by atoms with Crippen LogP contribution in [0.5, 0.6) is 0 Å². The summed E-state index contributed by atoms with van der Waals surface area (Å²) in [5.41, 5.74) is 10.2. The van der Waals surface area contributed by atoms with Crippen molar-refractivity contribution in [1.29, 1.82) is 0 Å². The molecule has 3 aromatic heterocycles. The van der Waals surface area contributed by atoms with Gasteiger partial charge in [0.1, 0.15) is 0 Å². The van der Waals surface area contributed by atoms with E-state index in [9.17, 15) is 0 Å². The maximum Gasteiger partial charge on any atom is 0.0736 e. The van der Waals surface area contributed by atoms with Gasteiger partial charge in [0.2, 0.25) is 0 Å². The molecule has 0 radical (unpaired) electrons. The summed E-state index contributed by atoms with van der Waals surface area (Å²) in [7, 11) is 0. The van der Waals surface area contributed by atoms with E-state index < -0.39 is 0 Å². The van der Waals surface area contributed by atoms with Gasteiger partial charge in [-0.3, -0.25) is 15.0 Å². The predicted octanol–water partition coefficient (Wildman–Crippen LogP) is 23.1. The van der Waals surface area contributed by atoms with E-state index >= 15 is 0 Å². The molecule has 0 N–H and O–H groups in total. The van der Waals surface area contributed by atoms with Crippen LogP contribution in [0.1, 0.15) is 196 Å². The number of hydrogen-bond acceptors (Lipinski definition) is 3. The molecule has 0 fully saturated rings. The number of rotatable bonds is 5. The van der Waals surface area contributed by atoms with Crippen molar-refractivity contribution in [3.05, 3.63) is 222 Å². The number of nitrogens with zero attached hydrogens (tertiary/aromatic N) is 3. The molecule has 0 saturated carbocycles. The molecule has 0 aliphatic rings. The first-order chi connectivity index (χ1) is 36.4. The second kappa shape index (κ2) is 37.9. The maximum absolute atomic E-state index is 4.40. The van der Waals surface area contributed by atoms with E-state index in [4.69, 9.17) is 0 Å². The average Bonchev–Trinajstić information content (AvgIpc) is 3.47. The van der Waals surface area contributed by atoms with Crippen molar-refractivity contribution in [2.75, 3.05) is 0 Å². The van der Waals surface area contributed by atoms with Crippen molar-refractivity contribution in [2.45, 2.75) is 168 Å². The summed E-state index contributed by atoms with van der Waals surface area (Å²) in [6.45, 7) is 42.1. The highest BCUT2D eigenvalue weighted by Crippen LogP contribution is 2.26. The average molecular weight is 1000 g/mol. The van der Waals surface area contributed by atoms with Crippen molar-refractivity contribution in [1.82, 2.24) is 15.0 Å². The van der Waals surface area contributed by atoms with Crippen molar-refractivity contribution in [3.8, 4) is 0 Å². The molecule has 0 bridgehead atoms. The molecule has 75 heavy (non-hydrogen) atoms. The Hall–Kier alpha value is -6.71. The largest absolute Gasteiger partial charge is 0.256 e. The summed E-state index contributed by atoms with van der Waals surface area (Å²) in [4.78, 5) is 13.0. The van der Waals surface area contributed by atoms with E-state index in [2.05, 4.69) is 242 Å². The van der Waals surface area contributed by atoms with Crippen molar-refractivity contribution in [2.24, 2.45) is 0 Å². The molecule has 0 aliphatic heterocycles. The lowest BCUT2D eigenvalue weighted by Gasteiger charge is -2.08. The Morgan fingerprint density at radius 1 is 0.253 bits per heavy atom. The highest BCUT2D eigenvalue weighted by Gasteiger charge is 2.06. The predicted molar refractivity (Wildman–Crippen MR) is 340 cm³/mol. The Labute approximate surface area is 457 Å². The number of benzene rings is 7. The van der Waals surface area contributed by atoms with Gasteiger partial charge in [-0.15, -0.1) is 0 Å². The third kappa shape index (κ3) is 21.6. The second-order valence-corrected chi connectivity index (χ2v) is 18.3. The highest BCUT2D eigenvalue weighted by atomic mass is 14.7. The molecule has 0 spiro atoms. The van der Waals surface area contributed by atoms with Crippen LogP contribution in [-0.2, 0) is 0 Å². The summed E-state index contributed by atoms with van der Waals surface area (Å²) < 4.78 is 0. The molecular formula is C72H97N3. The third-order valence-electron chi connectivity index (χ3n) is 11.8. The molecule has 3 heterocycles. The van der Waals surface area contributed by atoms with Crippen molar-refractivity contribution < 1.29 is 0 Å². The highest BCUT2D eigenvalue weighted by molar-refractivity contribution is 5.86. The zero-order valence-corrected chi connectivity index (χ0v) is 50.2. The molecule has 0 unspecified atom stereocenters. The molecule has 10 aromatic rings. The topological polar surface area (TPSA) is 38.7 Å². The normalized spacial score (nSPS) is 9.93. The van der Waals surface area contributed by atoms with Crippen molar-refractivity contribution >= 4 is 54.3 Å². The Morgan fingerprint density at radius 3 is 1.20 bits per heavy atom. The first-order valence-corrected chi connectivity index (χ1v) is 28.4. The fourth-order valence-electron chi connectivity index (χ4n) is 7.81. The first-order valence-electron chi connectivity index (χ1n) is 28.4. The first kappa shape index (κ1) is 66.3. The van der Waals surface area contributed by atoms with Crippen LogP contribution in [0.2, 0.25) is 0 Å². The summed E-state index contributed by atoms with van der Waals surface area (Å²) in [5, 5.41) is 9.07. The fraction of sp³-hybridized carbons (Fsp3) is 0.347. The molecular weight excluding hydrogens is 907 g/mol. The zero-order chi connectivity index (χ0) is 56.3. The monoisotopic (exact) mass is 1000 g/mol. The lowest BCUT2D eigenvalue weighted by atomic mass is 9.96. The summed E-state index contributed by atoms with van der Waals surface area (Å²) in [6, 6.07) is 61.8. The molecule has 0 saturated heterocycles. The number of hydrogen-bond donors (Lipinski definition) is 0. The SMILES string of the molecule is CC.CC.CC.CC.CC.CC(C)c1ccc2ccccc2c1.CC(C)c1ccc2cccnc2c1.CC(C)c1ccc2ncccc2c1.CC(C)c1cccc2ccccc12.CC(C)c1cccc2cccnc12. The van der Waals surface area contributed by atoms with E-state index in [-0.39, 0.29) is 0 Å². The maximum atomic E-state index is 4.40. The lowest BCUT2D eigenvalue weighted by Crippen LogP contribution is -1.90. The Morgan fingerprint density at radius 2 is 0.640 bits per heavy atom. The molecule has 10 rings (SSSR count). The Bertz CT molecular complexity index is 2740. The van der Waals surface area contributed by atoms with Gasteiger partial charge in [-0.25, -0.2) is 0 Å². The molecule has 7 aromatic carbocycles. The van der Waals surface area contributed by atoms with Gasteiger partial charge in [-0.05, 0) is 115 Å². The van der Waals surface area contributed by atoms with Crippen LogP contribution in [0.3, 0.4) is 0 Å². The van der Waals surface area contributed by atoms with Crippen LogP contribution in [0.4, 0.5) is 0 Å². The van der Waals surface area contributed by atoms with E-state index in [1.54, 1.807) is 0 Å². The third-order valence-corrected chi connectivity index (χ3v) is 11.8. The lowest BCUT2D eigenvalue weighted by molar-refractivity contribution is 0.868. The fourth-order valence-corrected chi connectivity index (χ4v) is 7.81. The van der Waals surface area contributed by atoms with Gasteiger partial charge in [0.25, 0.3) is 0 Å². The van der Waals surface area contributed by atoms with Gasteiger partial charge in [0.05, 0.1) is 16.6 Å². The standard InChI is InChI=1S/2C13H14.3C12H13N.5C2H6/c1-10(2)12-9-5-7-11-6-3-4-8-13(11)12;1-10(2)12-8-7-11-5-3-4-6-13(11)9-12;1-9(2)11-7-3-5-10-6-4-8-13-12(10)11;1-9(2)10-5-6-12-11(8-10)4-3-7-13-12;1-9(2)11-6-5-10-4-3-7-13-12(10)8-11;5*1-2/h2*3-10H,1-2H3;3*3-9H,1-2H3;5*1-2H3. The van der Waals surface area contributed by atoms with Gasteiger partial charge in [-0.1, -0.05) is 278 Å². The van der Waals surface area contributed by atoms with Crippen LogP contribution in [0, 0.1) is 0 Å². The summed E-state index contributed by atoms with van der Waals surface area (Å²) in [5.74, 6) is 2.92. The van der Waals surface area contributed by atoms with E-state index in [1.807, 2.05) is 106 Å². The molecule has 3 heteroatoms. The van der Waals surface area contributed by atoms with E-state index in [1.165, 1.54) is 65.5 Å². The van der Waals surface area contributed by atoms with Crippen LogP contribution < -0.4 is 0 Å². The van der Waals surface area contributed by atoms with E-state index in [0.717, 1.165) is 16.6 Å². The van der Waals surface area contributed by atoms with Crippen LogP contribution in [-0.4, -0.2) is 15.0 Å². The number of aromatic nitrogens is 3. The minimum atomic E-state index is 0.540. The Balaban J connectivity index is 0.000000449. The van der Waals surface area contributed by atoms with Gasteiger partial charge >= 0.3 is 0 Å². The van der Waals surface area contributed by atoms with Crippen LogP contribution in [0.25, 0.3) is 54.3 Å². The number of para-hydroxylation sites is 1. The quantitative estimate of drug-likeness (QED) is 0.172. The van der Waals surface area contributed by atoms with Gasteiger partial charge in [0.15, 0.2) is 0 Å². The molecule has 0 atom stereocenters. The molecule has 400 valence electrons. The molecule has 0 amide bonds. The summed E-state index contributed by atoms with van der Waals surface area (Å²) >= 11 is 0. The molecule has 0 aliphatic carbocycles. The minimum absolute atomic E-state index is 0.540. The van der Waals surface area contributed by atoms with Crippen LogP contribution >= 0.6 is 0 Å². The van der Waals surface area contributed by atoms with Crippen LogP contribution in [0.15, 0.2) is 195 Å². The number of fused-ring (bicyclic) bond motifs is 5. The smallest absolute Gasteiger partial charge is 0.0736 e.